The molecule has 1 atom stereocenters. The van der Waals surface area contributed by atoms with E-state index in [0.29, 0.717) is 0 Å². The minimum atomic E-state index is -4.70. The molecule has 0 heterocycles. The third kappa shape index (κ3) is 4.64. The molecule has 0 aromatic heterocycles. The molecule has 0 saturated heterocycles. The number of hydrogen-bond donors (Lipinski definition) is 0. The number of hydrogen-bond acceptors (Lipinski definition) is 4. The van der Waals surface area contributed by atoms with Crippen LogP contribution < -0.4 is 4.52 Å². The highest BCUT2D eigenvalue weighted by Crippen LogP contribution is 2.50. The molecule has 0 bridgehead atoms. The first-order chi connectivity index (χ1) is 8.26. The van der Waals surface area contributed by atoms with Crippen molar-refractivity contribution in [2.45, 2.75) is 6.18 Å². The predicted octanol–water partition coefficient (Wildman–Crippen LogP) is 3.54. The zero-order chi connectivity index (χ0) is 13.8. The van der Waals surface area contributed by atoms with Gasteiger partial charge in [-0.15, -0.1) is 0 Å². The molecule has 4 nitrogen and oxygen atoms in total. The molecule has 1 rings (SSSR count). The molecule has 9 heteroatoms. The summed E-state index contributed by atoms with van der Waals surface area (Å²) in [7, 11) is -3.67. The van der Waals surface area contributed by atoms with Gasteiger partial charge in [-0.05, 0) is 12.1 Å². The summed E-state index contributed by atoms with van der Waals surface area (Å²) in [6.07, 6.45) is -4.70. The Hall–Kier alpha value is -1.11. The number of phosphoric acid groups is 1. The molecule has 0 aliphatic heterocycles. The van der Waals surface area contributed by atoms with Gasteiger partial charge in [0.15, 0.2) is 18.2 Å². The summed E-state index contributed by atoms with van der Waals surface area (Å²) < 4.78 is 73.3. The first-order valence-corrected chi connectivity index (χ1v) is 6.03. The van der Waals surface area contributed by atoms with Crippen molar-refractivity contribution in [1.82, 2.24) is 0 Å². The standard InChI is InChI=1S/C9H9F4O4P/c1-15-18(14,16-6-9(11,12)13)17-8-5-3-2-4-7(8)10/h2-5H,6H2,1H3. The molecule has 0 amide bonds. The molecule has 0 fully saturated rings. The number of alkyl halides is 3. The summed E-state index contributed by atoms with van der Waals surface area (Å²) in [6, 6.07) is 4.75. The maximum absolute atomic E-state index is 13.2. The van der Waals surface area contributed by atoms with Gasteiger partial charge in [-0.3, -0.25) is 9.05 Å². The summed E-state index contributed by atoms with van der Waals surface area (Å²) in [4.78, 5) is 0. The van der Waals surface area contributed by atoms with E-state index in [1.165, 1.54) is 12.1 Å². The van der Waals surface area contributed by atoms with Crippen LogP contribution in [0.1, 0.15) is 0 Å². The van der Waals surface area contributed by atoms with Crippen molar-refractivity contribution in [2.75, 3.05) is 13.7 Å². The van der Waals surface area contributed by atoms with Gasteiger partial charge >= 0.3 is 14.0 Å². The molecule has 0 aliphatic carbocycles. The zero-order valence-electron chi connectivity index (χ0n) is 9.11. The van der Waals surface area contributed by atoms with Crippen LogP contribution in [0.5, 0.6) is 5.75 Å². The smallest absolute Gasteiger partial charge is 0.401 e. The van der Waals surface area contributed by atoms with Gasteiger partial charge in [0.25, 0.3) is 0 Å². The second kappa shape index (κ2) is 5.69. The van der Waals surface area contributed by atoms with E-state index in [-0.39, 0.29) is 0 Å². The Kier molecular flexibility index (Phi) is 4.72. The first kappa shape index (κ1) is 14.9. The Morgan fingerprint density at radius 3 is 2.39 bits per heavy atom. The van der Waals surface area contributed by atoms with E-state index in [0.717, 1.165) is 19.2 Å². The normalized spacial score (nSPS) is 15.2. The summed E-state index contributed by atoms with van der Waals surface area (Å²) in [5, 5.41) is 0. The number of rotatable bonds is 5. The molecule has 0 saturated carbocycles. The van der Waals surface area contributed by atoms with Crippen molar-refractivity contribution < 1.29 is 35.7 Å². The fraction of sp³-hybridized carbons (Fsp3) is 0.333. The van der Waals surface area contributed by atoms with Crippen LogP contribution in [0.15, 0.2) is 24.3 Å². The van der Waals surface area contributed by atoms with E-state index >= 15 is 0 Å². The average molecular weight is 288 g/mol. The average Bonchev–Trinajstić information content (AvgIpc) is 2.29. The molecule has 1 unspecified atom stereocenters. The third-order valence-electron chi connectivity index (χ3n) is 1.66. The fourth-order valence-electron chi connectivity index (χ4n) is 0.908. The van der Waals surface area contributed by atoms with Crippen molar-refractivity contribution in [1.29, 1.82) is 0 Å². The molecule has 0 spiro atoms. The van der Waals surface area contributed by atoms with Gasteiger partial charge in [0.05, 0.1) is 0 Å². The summed E-state index contributed by atoms with van der Waals surface area (Å²) in [6.45, 7) is -1.83. The first-order valence-electron chi connectivity index (χ1n) is 4.57. The molecular weight excluding hydrogens is 279 g/mol. The SMILES string of the molecule is COP(=O)(OCC(F)(F)F)Oc1ccccc1F. The number of phosphoric ester groups is 1. The van der Waals surface area contributed by atoms with E-state index < -0.39 is 32.2 Å². The van der Waals surface area contributed by atoms with Gasteiger partial charge in [-0.1, -0.05) is 12.1 Å². The lowest BCUT2D eigenvalue weighted by Gasteiger charge is -2.17. The Labute approximate surface area is 100 Å². The Morgan fingerprint density at radius 2 is 1.89 bits per heavy atom. The lowest BCUT2D eigenvalue weighted by atomic mass is 10.3. The number of para-hydroxylation sites is 1. The lowest BCUT2D eigenvalue weighted by Crippen LogP contribution is -2.17. The van der Waals surface area contributed by atoms with Crippen LogP contribution in [0.4, 0.5) is 17.6 Å². The second-order valence-electron chi connectivity index (χ2n) is 3.04. The summed E-state index contributed by atoms with van der Waals surface area (Å²) >= 11 is 0. The minimum absolute atomic E-state index is 0.523. The van der Waals surface area contributed by atoms with Gasteiger partial charge in [-0.25, -0.2) is 8.96 Å². The van der Waals surface area contributed by atoms with Gasteiger partial charge in [0.2, 0.25) is 0 Å². The summed E-state index contributed by atoms with van der Waals surface area (Å²) in [5.74, 6) is -1.42. The Balaban J connectivity index is 2.77. The highest BCUT2D eigenvalue weighted by Gasteiger charge is 2.36. The molecular formula is C9H9F4O4P. The van der Waals surface area contributed by atoms with Gasteiger partial charge in [0.1, 0.15) is 0 Å². The van der Waals surface area contributed by atoms with E-state index in [1.807, 2.05) is 0 Å². The largest absolute Gasteiger partial charge is 0.530 e. The monoisotopic (exact) mass is 288 g/mol. The molecule has 102 valence electrons. The molecule has 1 aromatic carbocycles. The maximum atomic E-state index is 13.2. The second-order valence-corrected chi connectivity index (χ2v) is 4.74. The van der Waals surface area contributed by atoms with Crippen LogP contribution in [-0.2, 0) is 13.6 Å². The van der Waals surface area contributed by atoms with E-state index in [2.05, 4.69) is 13.6 Å². The lowest BCUT2D eigenvalue weighted by molar-refractivity contribution is -0.156. The molecule has 18 heavy (non-hydrogen) atoms. The molecule has 1 aromatic rings. The summed E-state index contributed by atoms with van der Waals surface area (Å²) in [5.41, 5.74) is 0. The van der Waals surface area contributed by atoms with Crippen LogP contribution in [0, 0.1) is 5.82 Å². The van der Waals surface area contributed by atoms with Crippen LogP contribution in [0.2, 0.25) is 0 Å². The van der Waals surface area contributed by atoms with Gasteiger partial charge in [-0.2, -0.15) is 13.2 Å². The van der Waals surface area contributed by atoms with Crippen molar-refractivity contribution >= 4 is 7.82 Å². The highest BCUT2D eigenvalue weighted by molar-refractivity contribution is 7.48. The van der Waals surface area contributed by atoms with Crippen molar-refractivity contribution in [2.24, 2.45) is 0 Å². The highest BCUT2D eigenvalue weighted by atomic mass is 31.2. The van der Waals surface area contributed by atoms with Gasteiger partial charge in [0, 0.05) is 7.11 Å². The maximum Gasteiger partial charge on any atom is 0.530 e. The number of benzene rings is 1. The minimum Gasteiger partial charge on any atom is -0.401 e. The third-order valence-corrected chi connectivity index (χ3v) is 2.97. The molecule has 0 N–H and O–H groups in total. The van der Waals surface area contributed by atoms with Crippen molar-refractivity contribution in [3.63, 3.8) is 0 Å². The fourth-order valence-corrected chi connectivity index (χ4v) is 1.83. The van der Waals surface area contributed by atoms with Gasteiger partial charge < -0.3 is 4.52 Å². The predicted molar refractivity (Wildman–Crippen MR) is 53.7 cm³/mol. The van der Waals surface area contributed by atoms with Crippen LogP contribution >= 0.6 is 7.82 Å². The topological polar surface area (TPSA) is 44.8 Å². The van der Waals surface area contributed by atoms with Crippen LogP contribution in [-0.4, -0.2) is 19.9 Å². The molecule has 0 radical (unpaired) electrons. The number of halogens is 4. The molecule has 0 aliphatic rings. The van der Waals surface area contributed by atoms with Crippen LogP contribution in [0.25, 0.3) is 0 Å². The van der Waals surface area contributed by atoms with E-state index in [4.69, 9.17) is 0 Å². The van der Waals surface area contributed by atoms with Crippen molar-refractivity contribution in [3.05, 3.63) is 30.1 Å². The van der Waals surface area contributed by atoms with Crippen LogP contribution in [0.3, 0.4) is 0 Å². The Morgan fingerprint density at radius 1 is 1.28 bits per heavy atom. The zero-order valence-corrected chi connectivity index (χ0v) is 10.0. The van der Waals surface area contributed by atoms with E-state index in [1.54, 1.807) is 0 Å². The quantitative estimate of drug-likeness (QED) is 0.614. The van der Waals surface area contributed by atoms with Crippen molar-refractivity contribution in [3.8, 4) is 5.75 Å². The Bertz CT molecular complexity index is 448. The van der Waals surface area contributed by atoms with E-state index in [9.17, 15) is 22.1 Å².